The molecule has 0 unspecified atom stereocenters. The minimum Gasteiger partial charge on any atom is -0.368 e. The SMILES string of the molecule is CCc1nn(C2CCC2)c2cc(N3CCN(C(=O)Cc4cnn(C(C)C)c4)[C@@H](Cc4ccccc4)C3)ccc12. The molecule has 7 nitrogen and oxygen atoms in total. The van der Waals surface area contributed by atoms with Crippen LogP contribution in [0.5, 0.6) is 0 Å². The van der Waals surface area contributed by atoms with E-state index in [2.05, 4.69) is 88.9 Å². The van der Waals surface area contributed by atoms with Gasteiger partial charge >= 0.3 is 0 Å². The molecule has 0 N–H and O–H groups in total. The lowest BCUT2D eigenvalue weighted by Crippen LogP contribution is -2.56. The maximum absolute atomic E-state index is 13.6. The molecular formula is C32H40N6O. The quantitative estimate of drug-likeness (QED) is 0.301. The number of carbonyl (C=O) groups excluding carboxylic acids is 1. The summed E-state index contributed by atoms with van der Waals surface area (Å²) in [6.45, 7) is 8.76. The van der Waals surface area contributed by atoms with Crippen LogP contribution in [-0.4, -0.2) is 56.0 Å². The summed E-state index contributed by atoms with van der Waals surface area (Å²) in [5.41, 5.74) is 5.93. The Kier molecular flexibility index (Phi) is 7.15. The summed E-state index contributed by atoms with van der Waals surface area (Å²) in [5, 5.41) is 10.7. The zero-order valence-electron chi connectivity index (χ0n) is 23.5. The van der Waals surface area contributed by atoms with E-state index < -0.39 is 0 Å². The zero-order valence-corrected chi connectivity index (χ0v) is 23.5. The fourth-order valence-corrected chi connectivity index (χ4v) is 6.07. The number of amides is 1. The Labute approximate surface area is 231 Å². The topological polar surface area (TPSA) is 59.2 Å². The predicted octanol–water partition coefficient (Wildman–Crippen LogP) is 5.60. The minimum absolute atomic E-state index is 0.104. The molecule has 1 atom stereocenters. The molecule has 1 saturated heterocycles. The molecule has 2 aromatic carbocycles. The van der Waals surface area contributed by atoms with E-state index in [0.29, 0.717) is 12.5 Å². The van der Waals surface area contributed by atoms with Gasteiger partial charge < -0.3 is 9.80 Å². The number of benzene rings is 2. The van der Waals surface area contributed by atoms with Crippen LogP contribution in [0.2, 0.25) is 0 Å². The average molecular weight is 525 g/mol. The van der Waals surface area contributed by atoms with Gasteiger partial charge in [-0.15, -0.1) is 0 Å². The second-order valence-electron chi connectivity index (χ2n) is 11.5. The summed E-state index contributed by atoms with van der Waals surface area (Å²) in [7, 11) is 0. The predicted molar refractivity (Wildman–Crippen MR) is 156 cm³/mol. The van der Waals surface area contributed by atoms with E-state index in [9.17, 15) is 4.79 Å². The molecule has 2 aromatic heterocycles. The molecule has 39 heavy (non-hydrogen) atoms. The largest absolute Gasteiger partial charge is 0.368 e. The average Bonchev–Trinajstić information content (AvgIpc) is 3.53. The normalized spacial score (nSPS) is 18.2. The summed E-state index contributed by atoms with van der Waals surface area (Å²) in [6.07, 6.45) is 9.77. The van der Waals surface area contributed by atoms with Crippen molar-refractivity contribution in [3.63, 3.8) is 0 Å². The van der Waals surface area contributed by atoms with E-state index >= 15 is 0 Å². The maximum atomic E-state index is 13.6. The van der Waals surface area contributed by atoms with Crippen LogP contribution < -0.4 is 4.90 Å². The van der Waals surface area contributed by atoms with Crippen molar-refractivity contribution >= 4 is 22.5 Å². The highest BCUT2D eigenvalue weighted by atomic mass is 16.2. The Morgan fingerprint density at radius 3 is 2.56 bits per heavy atom. The van der Waals surface area contributed by atoms with Gasteiger partial charge in [-0.25, -0.2) is 0 Å². The molecule has 1 aliphatic heterocycles. The number of aromatic nitrogens is 4. The van der Waals surface area contributed by atoms with Crippen molar-refractivity contribution < 1.29 is 4.79 Å². The monoisotopic (exact) mass is 524 g/mol. The molecule has 1 saturated carbocycles. The molecule has 6 rings (SSSR count). The van der Waals surface area contributed by atoms with Crippen LogP contribution in [0.15, 0.2) is 60.9 Å². The lowest BCUT2D eigenvalue weighted by atomic mass is 9.93. The Hall–Kier alpha value is -3.61. The third-order valence-electron chi connectivity index (χ3n) is 8.54. The van der Waals surface area contributed by atoms with E-state index in [1.165, 1.54) is 47.1 Å². The van der Waals surface area contributed by atoms with Crippen LogP contribution in [0.1, 0.15) is 68.9 Å². The van der Waals surface area contributed by atoms with Crippen LogP contribution in [0, 0.1) is 0 Å². The molecule has 7 heteroatoms. The van der Waals surface area contributed by atoms with Crippen LogP contribution in [0.25, 0.3) is 10.9 Å². The van der Waals surface area contributed by atoms with Crippen molar-refractivity contribution in [2.45, 2.75) is 77.4 Å². The molecule has 1 aliphatic carbocycles. The van der Waals surface area contributed by atoms with Gasteiger partial charge in [-0.2, -0.15) is 10.2 Å². The number of rotatable bonds is 8. The second-order valence-corrected chi connectivity index (χ2v) is 11.5. The van der Waals surface area contributed by atoms with Crippen LogP contribution in [-0.2, 0) is 24.1 Å². The number of piperazine rings is 1. The van der Waals surface area contributed by atoms with E-state index in [4.69, 9.17) is 5.10 Å². The minimum atomic E-state index is 0.104. The van der Waals surface area contributed by atoms with Crippen LogP contribution in [0.3, 0.4) is 0 Å². The van der Waals surface area contributed by atoms with E-state index in [1.54, 1.807) is 0 Å². The van der Waals surface area contributed by atoms with Gasteiger partial charge in [0.05, 0.1) is 35.9 Å². The smallest absolute Gasteiger partial charge is 0.227 e. The fraction of sp³-hybridized carbons (Fsp3) is 0.469. The van der Waals surface area contributed by atoms with E-state index in [1.807, 2.05) is 17.1 Å². The highest BCUT2D eigenvalue weighted by Crippen LogP contribution is 2.36. The van der Waals surface area contributed by atoms with Crippen molar-refractivity contribution in [1.29, 1.82) is 0 Å². The number of hydrogen-bond donors (Lipinski definition) is 0. The molecule has 3 heterocycles. The maximum Gasteiger partial charge on any atom is 0.227 e. The first kappa shape index (κ1) is 25.7. The van der Waals surface area contributed by atoms with Gasteiger partial charge in [0.25, 0.3) is 0 Å². The highest BCUT2D eigenvalue weighted by molar-refractivity contribution is 5.86. The number of anilines is 1. The molecule has 4 aromatic rings. The Balaban J connectivity index is 1.25. The summed E-state index contributed by atoms with van der Waals surface area (Å²) in [6, 6.07) is 18.4. The third kappa shape index (κ3) is 5.19. The Morgan fingerprint density at radius 2 is 1.87 bits per heavy atom. The number of hydrogen-bond acceptors (Lipinski definition) is 4. The first-order valence-corrected chi connectivity index (χ1v) is 14.6. The van der Waals surface area contributed by atoms with Crippen LogP contribution >= 0.6 is 0 Å². The summed E-state index contributed by atoms with van der Waals surface area (Å²) in [5.74, 6) is 0.185. The summed E-state index contributed by atoms with van der Waals surface area (Å²) in [4.78, 5) is 18.2. The van der Waals surface area contributed by atoms with Crippen LogP contribution in [0.4, 0.5) is 5.69 Å². The van der Waals surface area contributed by atoms with Crippen molar-refractivity contribution in [2.75, 3.05) is 24.5 Å². The van der Waals surface area contributed by atoms with Crippen molar-refractivity contribution in [1.82, 2.24) is 24.5 Å². The van der Waals surface area contributed by atoms with Gasteiger partial charge in [-0.3, -0.25) is 14.2 Å². The molecule has 2 fully saturated rings. The van der Waals surface area contributed by atoms with Crippen molar-refractivity contribution in [3.05, 3.63) is 77.7 Å². The summed E-state index contributed by atoms with van der Waals surface area (Å²) >= 11 is 0. The van der Waals surface area contributed by atoms with Gasteiger partial charge in [-0.1, -0.05) is 37.3 Å². The van der Waals surface area contributed by atoms with Gasteiger partial charge in [0.15, 0.2) is 0 Å². The third-order valence-corrected chi connectivity index (χ3v) is 8.54. The van der Waals surface area contributed by atoms with E-state index in [-0.39, 0.29) is 18.0 Å². The van der Waals surface area contributed by atoms with Gasteiger partial charge in [-0.05, 0) is 75.3 Å². The molecule has 0 bridgehead atoms. The second kappa shape index (κ2) is 10.9. The Bertz CT molecular complexity index is 1430. The summed E-state index contributed by atoms with van der Waals surface area (Å²) < 4.78 is 4.22. The number of fused-ring (bicyclic) bond motifs is 1. The number of carbonyl (C=O) groups is 1. The molecule has 204 valence electrons. The van der Waals surface area contributed by atoms with E-state index in [0.717, 1.165) is 38.0 Å². The first-order valence-electron chi connectivity index (χ1n) is 14.6. The fourth-order valence-electron chi connectivity index (χ4n) is 6.07. The Morgan fingerprint density at radius 1 is 1.05 bits per heavy atom. The van der Waals surface area contributed by atoms with Gasteiger partial charge in [0.2, 0.25) is 5.91 Å². The highest BCUT2D eigenvalue weighted by Gasteiger charge is 2.31. The molecule has 0 radical (unpaired) electrons. The molecular weight excluding hydrogens is 484 g/mol. The van der Waals surface area contributed by atoms with Gasteiger partial charge in [0, 0.05) is 42.9 Å². The van der Waals surface area contributed by atoms with Crippen molar-refractivity contribution in [2.24, 2.45) is 0 Å². The first-order chi connectivity index (χ1) is 19.0. The lowest BCUT2D eigenvalue weighted by molar-refractivity contribution is -0.133. The molecule has 0 spiro atoms. The van der Waals surface area contributed by atoms with Crippen molar-refractivity contribution in [3.8, 4) is 0 Å². The lowest BCUT2D eigenvalue weighted by Gasteiger charge is -2.43. The number of aryl methyl sites for hydroxylation is 1. The molecule has 2 aliphatic rings. The zero-order chi connectivity index (χ0) is 26.9. The molecule has 1 amide bonds. The van der Waals surface area contributed by atoms with Gasteiger partial charge in [0.1, 0.15) is 0 Å². The standard InChI is InChI=1S/C32H40N6O/c1-4-30-29-14-13-27(19-31(29)38(34-30)26-11-8-12-26)35-15-16-36(28(22-35)17-24-9-6-5-7-10-24)32(39)18-25-20-33-37(21-25)23(2)3/h5-7,9-10,13-14,19-21,23,26,28H,4,8,11-12,15-18,22H2,1-3H3/t28-/m0/s1. The number of nitrogens with zero attached hydrogens (tertiary/aromatic N) is 6.